The minimum atomic E-state index is 0.362. The van der Waals surface area contributed by atoms with Crippen LogP contribution in [0.5, 0.6) is 0 Å². The van der Waals surface area contributed by atoms with Gasteiger partial charge in [-0.15, -0.1) is 0 Å². The molecule has 0 spiro atoms. The van der Waals surface area contributed by atoms with E-state index in [1.807, 2.05) is 13.8 Å². The zero-order valence-corrected chi connectivity index (χ0v) is 15.1. The van der Waals surface area contributed by atoms with Crippen molar-refractivity contribution in [2.45, 2.75) is 85.5 Å². The summed E-state index contributed by atoms with van der Waals surface area (Å²) in [6.45, 7) is 9.05. The molecule has 1 heteroatoms. The van der Waals surface area contributed by atoms with Crippen molar-refractivity contribution >= 4 is 5.78 Å². The molecule has 0 radical (unpaired) electrons. The van der Waals surface area contributed by atoms with E-state index in [-0.39, 0.29) is 0 Å². The molecule has 0 aromatic carbocycles. The molecule has 3 saturated carbocycles. The summed E-state index contributed by atoms with van der Waals surface area (Å²) >= 11 is 0. The quantitative estimate of drug-likeness (QED) is 0.506. The summed E-state index contributed by atoms with van der Waals surface area (Å²) in [4.78, 5) is 11.8. The Morgan fingerprint density at radius 3 is 2.59 bits per heavy atom. The first-order valence-corrected chi connectivity index (χ1v) is 9.74. The summed E-state index contributed by atoms with van der Waals surface area (Å²) < 4.78 is 0. The van der Waals surface area contributed by atoms with Crippen LogP contribution in [0.2, 0.25) is 0 Å². The van der Waals surface area contributed by atoms with Crippen molar-refractivity contribution in [2.24, 2.45) is 28.6 Å². The normalized spacial score (nSPS) is 46.6. The van der Waals surface area contributed by atoms with E-state index in [1.165, 1.54) is 44.1 Å². The molecular formula is C21H34O. The van der Waals surface area contributed by atoms with E-state index in [1.54, 1.807) is 0 Å². The maximum Gasteiger partial charge on any atom is 0.136 e. The van der Waals surface area contributed by atoms with Gasteiger partial charge in [-0.2, -0.15) is 0 Å². The summed E-state index contributed by atoms with van der Waals surface area (Å²) in [5.74, 6) is 3.23. The van der Waals surface area contributed by atoms with Crippen LogP contribution in [0.4, 0.5) is 0 Å². The lowest BCUT2D eigenvalue weighted by atomic mass is 9.48. The van der Waals surface area contributed by atoms with Crippen LogP contribution in [0, 0.1) is 28.6 Å². The molecule has 1 nitrogen and oxygen atoms in total. The van der Waals surface area contributed by atoms with Gasteiger partial charge < -0.3 is 0 Å². The predicted octanol–water partition coefficient (Wildman–Crippen LogP) is 5.93. The summed E-state index contributed by atoms with van der Waals surface area (Å²) in [5.41, 5.74) is 2.52. The Morgan fingerprint density at radius 1 is 1.05 bits per heavy atom. The van der Waals surface area contributed by atoms with Crippen molar-refractivity contribution in [1.29, 1.82) is 0 Å². The van der Waals surface area contributed by atoms with Crippen LogP contribution in [-0.4, -0.2) is 5.78 Å². The summed E-state index contributed by atoms with van der Waals surface area (Å²) in [6.07, 6.45) is 13.7. The van der Waals surface area contributed by atoms with E-state index in [2.05, 4.69) is 19.9 Å². The molecule has 0 amide bonds. The van der Waals surface area contributed by atoms with Gasteiger partial charge in [-0.25, -0.2) is 0 Å². The Labute approximate surface area is 136 Å². The smallest absolute Gasteiger partial charge is 0.136 e. The minimum Gasteiger partial charge on any atom is -0.299 e. The Kier molecular flexibility index (Phi) is 4.29. The topological polar surface area (TPSA) is 17.1 Å². The van der Waals surface area contributed by atoms with Crippen LogP contribution < -0.4 is 0 Å². The average molecular weight is 303 g/mol. The van der Waals surface area contributed by atoms with E-state index < -0.39 is 0 Å². The first-order valence-electron chi connectivity index (χ1n) is 9.74. The molecule has 5 atom stereocenters. The van der Waals surface area contributed by atoms with Crippen molar-refractivity contribution in [2.75, 3.05) is 0 Å². The summed E-state index contributed by atoms with van der Waals surface area (Å²) in [6, 6.07) is 0. The lowest BCUT2D eigenvalue weighted by molar-refractivity contribution is -0.122. The largest absolute Gasteiger partial charge is 0.299 e. The predicted molar refractivity (Wildman–Crippen MR) is 92.7 cm³/mol. The second-order valence-corrected chi connectivity index (χ2v) is 8.56. The molecule has 0 saturated heterocycles. The van der Waals surface area contributed by atoms with Gasteiger partial charge in [-0.1, -0.05) is 45.8 Å². The Hall–Kier alpha value is -0.590. The number of allylic oxidation sites excluding steroid dienone is 2. The molecule has 3 fully saturated rings. The Bertz CT molecular complexity index is 476. The van der Waals surface area contributed by atoms with Gasteiger partial charge in [0, 0.05) is 12.8 Å². The monoisotopic (exact) mass is 302 g/mol. The highest BCUT2D eigenvalue weighted by Crippen LogP contribution is 2.64. The van der Waals surface area contributed by atoms with Gasteiger partial charge >= 0.3 is 0 Å². The van der Waals surface area contributed by atoms with E-state index in [0.29, 0.717) is 16.6 Å². The van der Waals surface area contributed by atoms with E-state index >= 15 is 0 Å². The Morgan fingerprint density at radius 2 is 1.82 bits per heavy atom. The molecule has 22 heavy (non-hydrogen) atoms. The second-order valence-electron chi connectivity index (χ2n) is 8.56. The molecule has 124 valence electrons. The standard InChI is InChI=1S/C19H28O.C2H6/c1-18-9-3-4-16(18)15-6-5-13-12-14(20)7-11-19(13,2)17(15)8-10-18;1-2/h5,15-17H,3-4,6-12H2,1-2H3;1-2H3. The molecule has 0 aliphatic heterocycles. The number of hydrogen-bond acceptors (Lipinski definition) is 1. The molecule has 0 bridgehead atoms. The number of carbonyl (C=O) groups is 1. The van der Waals surface area contributed by atoms with Crippen LogP contribution in [0.15, 0.2) is 11.6 Å². The molecule has 4 aliphatic rings. The van der Waals surface area contributed by atoms with Gasteiger partial charge in [0.15, 0.2) is 0 Å². The third-order valence-corrected chi connectivity index (χ3v) is 7.72. The number of Topliss-reactive ketones (excluding diaryl/α,β-unsaturated/α-hetero) is 1. The zero-order valence-electron chi connectivity index (χ0n) is 15.1. The molecule has 0 aromatic rings. The number of ketones is 1. The highest BCUT2D eigenvalue weighted by molar-refractivity contribution is 5.82. The lowest BCUT2D eigenvalue weighted by Crippen LogP contribution is -2.48. The number of carbonyl (C=O) groups excluding carboxylic acids is 1. The Balaban J connectivity index is 0.000000693. The SMILES string of the molecule is CC.CC12CCCC1C1CC=C3CC(=O)CCC3(C)C1CC2. The summed E-state index contributed by atoms with van der Waals surface area (Å²) in [5, 5.41) is 0. The van der Waals surface area contributed by atoms with E-state index in [4.69, 9.17) is 0 Å². The molecule has 0 N–H and O–H groups in total. The fourth-order valence-corrected chi connectivity index (χ4v) is 6.47. The van der Waals surface area contributed by atoms with Gasteiger partial charge in [0.05, 0.1) is 0 Å². The van der Waals surface area contributed by atoms with Crippen LogP contribution in [-0.2, 0) is 4.79 Å². The summed E-state index contributed by atoms with van der Waals surface area (Å²) in [7, 11) is 0. The number of rotatable bonds is 0. The van der Waals surface area contributed by atoms with Crippen LogP contribution in [0.1, 0.15) is 85.5 Å². The van der Waals surface area contributed by atoms with Crippen molar-refractivity contribution < 1.29 is 4.79 Å². The van der Waals surface area contributed by atoms with E-state index in [0.717, 1.165) is 37.0 Å². The lowest BCUT2D eigenvalue weighted by Gasteiger charge is -2.56. The van der Waals surface area contributed by atoms with Crippen molar-refractivity contribution in [3.05, 3.63) is 11.6 Å². The third kappa shape index (κ3) is 2.31. The maximum absolute atomic E-state index is 11.8. The first-order chi connectivity index (χ1) is 10.5. The van der Waals surface area contributed by atoms with Crippen LogP contribution >= 0.6 is 0 Å². The highest BCUT2D eigenvalue weighted by Gasteiger charge is 2.55. The van der Waals surface area contributed by atoms with Gasteiger partial charge in [0.1, 0.15) is 5.78 Å². The van der Waals surface area contributed by atoms with Gasteiger partial charge in [-0.3, -0.25) is 4.79 Å². The molecule has 5 unspecified atom stereocenters. The first kappa shape index (κ1) is 16.3. The minimum absolute atomic E-state index is 0.362. The zero-order chi connectivity index (χ0) is 16.0. The molecule has 4 aliphatic carbocycles. The third-order valence-electron chi connectivity index (χ3n) is 7.72. The van der Waals surface area contributed by atoms with Crippen molar-refractivity contribution in [3.63, 3.8) is 0 Å². The van der Waals surface area contributed by atoms with Crippen LogP contribution in [0.3, 0.4) is 0 Å². The second kappa shape index (κ2) is 5.80. The van der Waals surface area contributed by atoms with Gasteiger partial charge in [0.25, 0.3) is 0 Å². The molecular weight excluding hydrogens is 268 g/mol. The van der Waals surface area contributed by atoms with E-state index in [9.17, 15) is 4.79 Å². The maximum atomic E-state index is 11.8. The average Bonchev–Trinajstić information content (AvgIpc) is 2.92. The van der Waals surface area contributed by atoms with Crippen molar-refractivity contribution in [1.82, 2.24) is 0 Å². The highest BCUT2D eigenvalue weighted by atomic mass is 16.1. The fraction of sp³-hybridized carbons (Fsp3) is 0.857. The molecule has 0 heterocycles. The number of hydrogen-bond donors (Lipinski definition) is 0. The van der Waals surface area contributed by atoms with Crippen LogP contribution in [0.25, 0.3) is 0 Å². The van der Waals surface area contributed by atoms with Gasteiger partial charge in [-0.05, 0) is 67.1 Å². The molecule has 0 aromatic heterocycles. The molecule has 4 rings (SSSR count). The van der Waals surface area contributed by atoms with Crippen molar-refractivity contribution in [3.8, 4) is 0 Å². The fourth-order valence-electron chi connectivity index (χ4n) is 6.47. The number of fused-ring (bicyclic) bond motifs is 5. The van der Waals surface area contributed by atoms with Gasteiger partial charge in [0.2, 0.25) is 0 Å².